The monoisotopic (exact) mass is 206 g/mol. The van der Waals surface area contributed by atoms with Crippen LogP contribution in [0.5, 0.6) is 5.75 Å². The van der Waals surface area contributed by atoms with Gasteiger partial charge in [-0.05, 0) is 35.6 Å². The average molecular weight is 206 g/mol. The molecule has 4 nitrogen and oxygen atoms in total. The van der Waals surface area contributed by atoms with Gasteiger partial charge in [0.2, 0.25) is 0 Å². The lowest BCUT2D eigenvalue weighted by atomic mass is 9.78. The van der Waals surface area contributed by atoms with Gasteiger partial charge in [-0.1, -0.05) is 0 Å². The third-order valence-electron chi connectivity index (χ3n) is 2.60. The van der Waals surface area contributed by atoms with E-state index in [0.717, 1.165) is 17.4 Å². The van der Waals surface area contributed by atoms with Gasteiger partial charge in [-0.15, -0.1) is 0 Å². The molecule has 0 saturated heterocycles. The molecule has 0 amide bonds. The summed E-state index contributed by atoms with van der Waals surface area (Å²) in [6.07, 6.45) is 0.585. The molecule has 0 aliphatic carbocycles. The van der Waals surface area contributed by atoms with Crippen molar-refractivity contribution in [2.45, 2.75) is 19.4 Å². The predicted molar refractivity (Wildman–Crippen MR) is 55.0 cm³/mol. The van der Waals surface area contributed by atoms with E-state index in [1.165, 1.54) is 6.07 Å². The minimum atomic E-state index is -1.05. The van der Waals surface area contributed by atoms with E-state index >= 15 is 0 Å². The van der Waals surface area contributed by atoms with Crippen molar-refractivity contribution in [1.82, 2.24) is 0 Å². The summed E-state index contributed by atoms with van der Waals surface area (Å²) in [6, 6.07) is 3.07. The molecule has 1 aliphatic heterocycles. The molecular weight excluding hydrogens is 195 g/mol. The van der Waals surface area contributed by atoms with Gasteiger partial charge >= 0.3 is 7.12 Å². The average Bonchev–Trinajstić information content (AvgIpc) is 2.44. The highest BCUT2D eigenvalue weighted by Gasteiger charge is 2.36. The number of aryl methyl sites for hydroxylation is 1. The van der Waals surface area contributed by atoms with Crippen molar-refractivity contribution in [2.24, 2.45) is 0 Å². The number of aromatic hydroxyl groups is 1. The van der Waals surface area contributed by atoms with E-state index in [9.17, 15) is 14.9 Å². The number of phenolic OH excluding ortho intramolecular Hbond substituents is 1. The predicted octanol–water partition coefficient (Wildman–Crippen LogP) is 0.0484. The topological polar surface area (TPSA) is 66.8 Å². The van der Waals surface area contributed by atoms with Crippen LogP contribution in [0.1, 0.15) is 23.7 Å². The molecule has 2 rings (SSSR count). The van der Waals surface area contributed by atoms with E-state index in [1.807, 2.05) is 6.92 Å². The molecule has 1 aromatic rings. The molecule has 0 aromatic heterocycles. The highest BCUT2D eigenvalue weighted by molar-refractivity contribution is 6.62. The molecule has 0 spiro atoms. The summed E-state index contributed by atoms with van der Waals surface area (Å²) in [5.74, 6) is 0.0978. The molecule has 1 aromatic carbocycles. The number of carbonyl (C=O) groups is 1. The molecular formula is C10H11BO4. The summed E-state index contributed by atoms with van der Waals surface area (Å²) >= 11 is 0. The maximum Gasteiger partial charge on any atom is 0.492 e. The quantitative estimate of drug-likeness (QED) is 0.529. The van der Waals surface area contributed by atoms with Crippen LogP contribution in [0.15, 0.2) is 12.1 Å². The summed E-state index contributed by atoms with van der Waals surface area (Å²) in [7, 11) is -1.05. The summed E-state index contributed by atoms with van der Waals surface area (Å²) in [5, 5.41) is 19.0. The number of rotatable bonds is 2. The lowest BCUT2D eigenvalue weighted by molar-refractivity contribution is -0.109. The van der Waals surface area contributed by atoms with Crippen molar-refractivity contribution in [1.29, 1.82) is 0 Å². The fourth-order valence-corrected chi connectivity index (χ4v) is 2.01. The zero-order valence-corrected chi connectivity index (χ0v) is 8.30. The van der Waals surface area contributed by atoms with Crippen molar-refractivity contribution in [3.05, 3.63) is 23.3 Å². The fourth-order valence-electron chi connectivity index (χ4n) is 2.01. The zero-order valence-electron chi connectivity index (χ0n) is 8.30. The molecule has 0 fully saturated rings. The molecule has 15 heavy (non-hydrogen) atoms. The molecule has 0 radical (unpaired) electrons. The van der Waals surface area contributed by atoms with Gasteiger partial charge in [0.25, 0.3) is 0 Å². The van der Waals surface area contributed by atoms with Gasteiger partial charge in [0.15, 0.2) is 0 Å². The third-order valence-corrected chi connectivity index (χ3v) is 2.60. The van der Waals surface area contributed by atoms with Crippen LogP contribution in [0.4, 0.5) is 0 Å². The van der Waals surface area contributed by atoms with E-state index < -0.39 is 13.2 Å². The molecule has 2 N–H and O–H groups in total. The SMILES string of the molecule is Cc1cc(O)cc2c1C(CC=O)OB2O. The lowest BCUT2D eigenvalue weighted by Crippen LogP contribution is -2.28. The van der Waals surface area contributed by atoms with Crippen LogP contribution in [0, 0.1) is 6.92 Å². The van der Waals surface area contributed by atoms with Crippen LogP contribution < -0.4 is 5.46 Å². The van der Waals surface area contributed by atoms with E-state index in [2.05, 4.69) is 0 Å². The molecule has 1 aliphatic rings. The molecule has 1 heterocycles. The second-order valence-electron chi connectivity index (χ2n) is 3.65. The first kappa shape index (κ1) is 10.2. The zero-order chi connectivity index (χ0) is 11.0. The highest BCUT2D eigenvalue weighted by Crippen LogP contribution is 2.30. The standard InChI is InChI=1S/C10H11BO4/c1-6-4-7(13)5-8-10(6)9(2-3-12)15-11(8)14/h3-5,9,13-14H,2H2,1H3. The number of benzene rings is 1. The largest absolute Gasteiger partial charge is 0.508 e. The van der Waals surface area contributed by atoms with Gasteiger partial charge in [0.1, 0.15) is 12.0 Å². The summed E-state index contributed by atoms with van der Waals surface area (Å²) in [5.41, 5.74) is 2.19. The molecule has 1 atom stereocenters. The number of phenols is 1. The molecule has 0 bridgehead atoms. The van der Waals surface area contributed by atoms with Crippen molar-refractivity contribution in [3.63, 3.8) is 0 Å². The summed E-state index contributed by atoms with van der Waals surface area (Å²) in [6.45, 7) is 1.82. The smallest absolute Gasteiger partial charge is 0.492 e. The minimum absolute atomic E-state index is 0.0978. The molecule has 0 saturated carbocycles. The number of fused-ring (bicyclic) bond motifs is 1. The molecule has 5 heteroatoms. The van der Waals surface area contributed by atoms with Crippen molar-refractivity contribution < 1.29 is 19.6 Å². The minimum Gasteiger partial charge on any atom is -0.508 e. The normalized spacial score (nSPS) is 19.1. The number of carbonyl (C=O) groups excluding carboxylic acids is 1. The van der Waals surface area contributed by atoms with Crippen LogP contribution in [-0.4, -0.2) is 23.5 Å². The van der Waals surface area contributed by atoms with Crippen molar-refractivity contribution in [3.8, 4) is 5.75 Å². The van der Waals surface area contributed by atoms with E-state index in [4.69, 9.17) is 4.65 Å². The van der Waals surface area contributed by atoms with E-state index in [1.54, 1.807) is 6.07 Å². The van der Waals surface area contributed by atoms with Gasteiger partial charge in [0, 0.05) is 6.42 Å². The first-order chi connectivity index (χ1) is 7.13. The fraction of sp³-hybridized carbons (Fsp3) is 0.300. The number of aldehydes is 1. The van der Waals surface area contributed by atoms with E-state index in [-0.39, 0.29) is 12.2 Å². The van der Waals surface area contributed by atoms with Crippen molar-refractivity contribution in [2.75, 3.05) is 0 Å². The summed E-state index contributed by atoms with van der Waals surface area (Å²) < 4.78 is 5.22. The molecule has 78 valence electrons. The number of hydrogen-bond acceptors (Lipinski definition) is 4. The lowest BCUT2D eigenvalue weighted by Gasteiger charge is -2.10. The molecule has 1 unspecified atom stereocenters. The second-order valence-corrected chi connectivity index (χ2v) is 3.65. The Bertz CT molecular complexity index is 405. The Hall–Kier alpha value is -1.33. The highest BCUT2D eigenvalue weighted by atomic mass is 16.5. The van der Waals surface area contributed by atoms with Crippen molar-refractivity contribution >= 4 is 18.9 Å². The number of hydrogen-bond donors (Lipinski definition) is 2. The van der Waals surface area contributed by atoms with Crippen LogP contribution in [0.3, 0.4) is 0 Å². The maximum atomic E-state index is 10.4. The first-order valence-electron chi connectivity index (χ1n) is 4.74. The Labute approximate surface area is 87.6 Å². The third kappa shape index (κ3) is 1.64. The van der Waals surface area contributed by atoms with Gasteiger partial charge in [-0.3, -0.25) is 0 Å². The Morgan fingerprint density at radius 2 is 2.33 bits per heavy atom. The van der Waals surface area contributed by atoms with Crippen LogP contribution >= 0.6 is 0 Å². The van der Waals surface area contributed by atoms with Crippen LogP contribution in [-0.2, 0) is 9.45 Å². The first-order valence-corrected chi connectivity index (χ1v) is 4.74. The van der Waals surface area contributed by atoms with Gasteiger partial charge < -0.3 is 19.6 Å². The Morgan fingerprint density at radius 3 is 3.00 bits per heavy atom. The van der Waals surface area contributed by atoms with Gasteiger partial charge in [-0.2, -0.15) is 0 Å². The summed E-state index contributed by atoms with van der Waals surface area (Å²) in [4.78, 5) is 10.4. The second kappa shape index (κ2) is 3.68. The van der Waals surface area contributed by atoms with Gasteiger partial charge in [-0.25, -0.2) is 0 Å². The Balaban J connectivity index is 2.50. The Kier molecular flexibility index (Phi) is 2.50. The van der Waals surface area contributed by atoms with E-state index in [0.29, 0.717) is 5.46 Å². The van der Waals surface area contributed by atoms with Crippen LogP contribution in [0.25, 0.3) is 0 Å². The maximum absolute atomic E-state index is 10.4. The van der Waals surface area contributed by atoms with Gasteiger partial charge in [0.05, 0.1) is 6.10 Å². The van der Waals surface area contributed by atoms with Crippen LogP contribution in [0.2, 0.25) is 0 Å². The Morgan fingerprint density at radius 1 is 1.60 bits per heavy atom.